The van der Waals surface area contributed by atoms with Crippen molar-refractivity contribution in [1.29, 1.82) is 0 Å². The van der Waals surface area contributed by atoms with Crippen molar-refractivity contribution >= 4 is 11.9 Å². The molecule has 0 bridgehead atoms. The number of carbonyl (C=O) groups excluding carboxylic acids is 2. The van der Waals surface area contributed by atoms with Gasteiger partial charge in [0.25, 0.3) is 0 Å². The molecule has 0 aromatic rings. The van der Waals surface area contributed by atoms with E-state index in [0.717, 1.165) is 0 Å². The molecule has 0 rings (SSSR count). The van der Waals surface area contributed by atoms with E-state index in [0.29, 0.717) is 12.8 Å². The Balaban J connectivity index is 5.09. The van der Waals surface area contributed by atoms with Crippen molar-refractivity contribution in [3.63, 3.8) is 0 Å². The number of rotatable bonds is 9. The summed E-state index contributed by atoms with van der Waals surface area (Å²) in [5, 5.41) is 10.6. The van der Waals surface area contributed by atoms with Crippen LogP contribution < -0.4 is 0 Å². The Morgan fingerprint density at radius 3 is 2.00 bits per heavy atom. The van der Waals surface area contributed by atoms with Crippen LogP contribution in [0.3, 0.4) is 0 Å². The van der Waals surface area contributed by atoms with Gasteiger partial charge in [0, 0.05) is 5.57 Å². The second-order valence-electron chi connectivity index (χ2n) is 4.64. The topological polar surface area (TPSA) is 72.8 Å². The highest BCUT2D eigenvalue weighted by Gasteiger charge is 2.40. The van der Waals surface area contributed by atoms with Gasteiger partial charge in [-0.15, -0.1) is 0 Å². The monoisotopic (exact) mass is 286 g/mol. The summed E-state index contributed by atoms with van der Waals surface area (Å²) in [4.78, 5) is 23.7. The molecule has 0 radical (unpaired) electrons. The average molecular weight is 286 g/mol. The van der Waals surface area contributed by atoms with E-state index >= 15 is 0 Å². The molecule has 0 heterocycles. The lowest BCUT2D eigenvalue weighted by molar-refractivity contribution is -0.159. The highest BCUT2D eigenvalue weighted by molar-refractivity contribution is 5.89. The lowest BCUT2D eigenvalue weighted by atomic mass is 9.79. The average Bonchev–Trinajstić information content (AvgIpc) is 2.44. The van der Waals surface area contributed by atoms with E-state index in [4.69, 9.17) is 9.47 Å². The zero-order chi connectivity index (χ0) is 15.8. The second kappa shape index (κ2) is 8.74. The fraction of sp³-hybridized carbons (Fsp3) is 0.733. The van der Waals surface area contributed by atoms with Crippen molar-refractivity contribution < 1.29 is 24.2 Å². The molecule has 0 saturated heterocycles. The van der Waals surface area contributed by atoms with Crippen LogP contribution in [-0.2, 0) is 19.1 Å². The quantitative estimate of drug-likeness (QED) is 0.520. The van der Waals surface area contributed by atoms with Crippen LogP contribution in [-0.4, -0.2) is 35.9 Å². The molecule has 0 amide bonds. The van der Waals surface area contributed by atoms with E-state index in [1.807, 2.05) is 0 Å². The fourth-order valence-electron chi connectivity index (χ4n) is 2.04. The molecule has 0 aliphatic carbocycles. The maximum absolute atomic E-state index is 12.0. The molecule has 0 fully saturated rings. The Morgan fingerprint density at radius 1 is 1.10 bits per heavy atom. The van der Waals surface area contributed by atoms with Crippen molar-refractivity contribution in [3.05, 3.63) is 12.2 Å². The van der Waals surface area contributed by atoms with E-state index in [1.54, 1.807) is 27.7 Å². The highest BCUT2D eigenvalue weighted by atomic mass is 16.5. The van der Waals surface area contributed by atoms with Gasteiger partial charge in [-0.05, 0) is 33.1 Å². The molecule has 1 unspecified atom stereocenters. The molecule has 0 aliphatic heterocycles. The van der Waals surface area contributed by atoms with Crippen LogP contribution in [0.1, 0.15) is 47.0 Å². The van der Waals surface area contributed by atoms with Crippen LogP contribution >= 0.6 is 0 Å². The summed E-state index contributed by atoms with van der Waals surface area (Å²) in [6.07, 6.45) is 0.821. The summed E-state index contributed by atoms with van der Waals surface area (Å²) in [5.41, 5.74) is -1.04. The van der Waals surface area contributed by atoms with Gasteiger partial charge in [-0.3, -0.25) is 4.79 Å². The lowest BCUT2D eigenvalue weighted by Gasteiger charge is -2.33. The van der Waals surface area contributed by atoms with Gasteiger partial charge in [0.1, 0.15) is 0 Å². The Kier molecular flexibility index (Phi) is 8.15. The first-order valence-electron chi connectivity index (χ1n) is 7.10. The van der Waals surface area contributed by atoms with Crippen molar-refractivity contribution in [2.75, 3.05) is 13.2 Å². The van der Waals surface area contributed by atoms with Gasteiger partial charge < -0.3 is 14.6 Å². The first kappa shape index (κ1) is 18.6. The molecular weight excluding hydrogens is 260 g/mol. The van der Waals surface area contributed by atoms with Crippen LogP contribution in [0.15, 0.2) is 12.2 Å². The molecule has 20 heavy (non-hydrogen) atoms. The van der Waals surface area contributed by atoms with Gasteiger partial charge in [-0.2, -0.15) is 0 Å². The molecule has 0 aromatic carbocycles. The predicted octanol–water partition coefficient (Wildman–Crippen LogP) is 2.23. The standard InChI is InChI=1S/C15H26O5/c1-6-15(18,7-2)12(14(17)20-9-4)10-11(5)13(16)19-8-3/h12,18H,5-10H2,1-4H3. The smallest absolute Gasteiger partial charge is 0.333 e. The van der Waals surface area contributed by atoms with Gasteiger partial charge in [0.2, 0.25) is 0 Å². The minimum absolute atomic E-state index is 0.0375. The minimum Gasteiger partial charge on any atom is -0.466 e. The number of aliphatic hydroxyl groups is 1. The van der Waals surface area contributed by atoms with Crippen LogP contribution in [0.4, 0.5) is 0 Å². The van der Waals surface area contributed by atoms with Crippen LogP contribution in [0.2, 0.25) is 0 Å². The molecule has 5 nitrogen and oxygen atoms in total. The van der Waals surface area contributed by atoms with E-state index < -0.39 is 23.5 Å². The molecule has 116 valence electrons. The molecule has 0 spiro atoms. The minimum atomic E-state index is -1.21. The molecule has 0 aliphatic rings. The summed E-state index contributed by atoms with van der Waals surface area (Å²) in [5.74, 6) is -1.87. The number of carbonyl (C=O) groups is 2. The normalized spacial score (nSPS) is 12.7. The van der Waals surface area contributed by atoms with E-state index in [1.165, 1.54) is 0 Å². The number of hydrogen-bond acceptors (Lipinski definition) is 5. The van der Waals surface area contributed by atoms with Crippen LogP contribution in [0, 0.1) is 5.92 Å². The summed E-state index contributed by atoms with van der Waals surface area (Å²) in [7, 11) is 0. The summed E-state index contributed by atoms with van der Waals surface area (Å²) >= 11 is 0. The molecule has 0 aromatic heterocycles. The third-order valence-corrected chi connectivity index (χ3v) is 3.46. The van der Waals surface area contributed by atoms with E-state index in [9.17, 15) is 14.7 Å². The van der Waals surface area contributed by atoms with Gasteiger partial charge in [0.15, 0.2) is 0 Å². The summed E-state index contributed by atoms with van der Waals surface area (Å²) in [6.45, 7) is 11.1. The van der Waals surface area contributed by atoms with Crippen molar-refractivity contribution in [2.24, 2.45) is 5.92 Å². The Morgan fingerprint density at radius 2 is 1.60 bits per heavy atom. The van der Waals surface area contributed by atoms with Gasteiger partial charge in [-0.1, -0.05) is 20.4 Å². The fourth-order valence-corrected chi connectivity index (χ4v) is 2.04. The van der Waals surface area contributed by atoms with Crippen LogP contribution in [0.25, 0.3) is 0 Å². The van der Waals surface area contributed by atoms with Gasteiger partial charge >= 0.3 is 11.9 Å². The van der Waals surface area contributed by atoms with Crippen molar-refractivity contribution in [1.82, 2.24) is 0 Å². The zero-order valence-corrected chi connectivity index (χ0v) is 12.9. The first-order valence-corrected chi connectivity index (χ1v) is 7.10. The van der Waals surface area contributed by atoms with E-state index in [-0.39, 0.29) is 25.2 Å². The maximum Gasteiger partial charge on any atom is 0.333 e. The third-order valence-electron chi connectivity index (χ3n) is 3.46. The molecule has 5 heteroatoms. The molecule has 0 saturated carbocycles. The Bertz CT molecular complexity index is 344. The van der Waals surface area contributed by atoms with Crippen molar-refractivity contribution in [3.8, 4) is 0 Å². The number of esters is 2. The predicted molar refractivity (Wildman–Crippen MR) is 76.0 cm³/mol. The number of hydrogen-bond donors (Lipinski definition) is 1. The van der Waals surface area contributed by atoms with Gasteiger partial charge in [0.05, 0.1) is 24.7 Å². The summed E-state index contributed by atoms with van der Waals surface area (Å²) < 4.78 is 9.85. The zero-order valence-electron chi connectivity index (χ0n) is 12.9. The first-order chi connectivity index (χ1) is 9.36. The largest absolute Gasteiger partial charge is 0.466 e. The molecule has 1 atom stereocenters. The summed E-state index contributed by atoms with van der Waals surface area (Å²) in [6, 6.07) is 0. The van der Waals surface area contributed by atoms with Crippen molar-refractivity contribution in [2.45, 2.75) is 52.6 Å². The second-order valence-corrected chi connectivity index (χ2v) is 4.64. The highest BCUT2D eigenvalue weighted by Crippen LogP contribution is 2.31. The number of ether oxygens (including phenoxy) is 2. The molecule has 1 N–H and O–H groups in total. The Hall–Kier alpha value is -1.36. The SMILES string of the molecule is C=C(CC(C(=O)OCC)C(O)(CC)CC)C(=O)OCC. The van der Waals surface area contributed by atoms with Gasteiger partial charge in [-0.25, -0.2) is 4.79 Å². The third kappa shape index (κ3) is 4.96. The molecular formula is C15H26O5. The lowest BCUT2D eigenvalue weighted by Crippen LogP contribution is -2.43. The van der Waals surface area contributed by atoms with Crippen LogP contribution in [0.5, 0.6) is 0 Å². The Labute approximate surface area is 121 Å². The maximum atomic E-state index is 12.0. The van der Waals surface area contributed by atoms with E-state index in [2.05, 4.69) is 6.58 Å².